The molecule has 3 aromatic carbocycles. The topological polar surface area (TPSA) is 26.0 Å². The van der Waals surface area contributed by atoms with E-state index in [1.807, 2.05) is 48.5 Å². The Bertz CT molecular complexity index is 1010. The number of halogens is 2. The average molecular weight is 399 g/mol. The SMILES string of the molecule is ClCc1ccccc1-c1nc2cc(-c3ccccc3)cc(Br)c2o1. The molecule has 0 aliphatic rings. The second-order valence-corrected chi connectivity index (χ2v) is 6.60. The third kappa shape index (κ3) is 2.74. The van der Waals surface area contributed by atoms with Crippen LogP contribution in [0.2, 0.25) is 0 Å². The number of oxazole rings is 1. The van der Waals surface area contributed by atoms with Crippen LogP contribution >= 0.6 is 27.5 Å². The highest BCUT2D eigenvalue weighted by Gasteiger charge is 2.15. The summed E-state index contributed by atoms with van der Waals surface area (Å²) in [5.74, 6) is 1.01. The summed E-state index contributed by atoms with van der Waals surface area (Å²) < 4.78 is 6.89. The molecule has 0 fully saturated rings. The summed E-state index contributed by atoms with van der Waals surface area (Å²) in [5, 5.41) is 0. The van der Waals surface area contributed by atoms with E-state index in [4.69, 9.17) is 16.0 Å². The van der Waals surface area contributed by atoms with Gasteiger partial charge in [-0.2, -0.15) is 0 Å². The van der Waals surface area contributed by atoms with Gasteiger partial charge in [0.25, 0.3) is 0 Å². The normalized spacial score (nSPS) is 11.1. The molecule has 0 saturated heterocycles. The van der Waals surface area contributed by atoms with Crippen LogP contribution in [0.5, 0.6) is 0 Å². The predicted octanol–water partition coefficient (Wildman–Crippen LogP) is 6.66. The summed E-state index contributed by atoms with van der Waals surface area (Å²) in [6.45, 7) is 0. The molecule has 0 spiro atoms. The summed E-state index contributed by atoms with van der Waals surface area (Å²) >= 11 is 9.65. The molecular weight excluding hydrogens is 386 g/mol. The Morgan fingerprint density at radius 2 is 1.67 bits per heavy atom. The van der Waals surface area contributed by atoms with E-state index >= 15 is 0 Å². The van der Waals surface area contributed by atoms with Crippen molar-refractivity contribution >= 4 is 38.6 Å². The first-order valence-corrected chi connectivity index (χ1v) is 8.89. The van der Waals surface area contributed by atoms with E-state index in [0.717, 1.165) is 37.8 Å². The highest BCUT2D eigenvalue weighted by molar-refractivity contribution is 9.10. The molecule has 0 bridgehead atoms. The molecule has 0 radical (unpaired) electrons. The molecule has 4 rings (SSSR count). The van der Waals surface area contributed by atoms with Gasteiger partial charge < -0.3 is 4.42 Å². The largest absolute Gasteiger partial charge is 0.435 e. The van der Waals surface area contributed by atoms with Crippen molar-refractivity contribution in [3.63, 3.8) is 0 Å². The first-order chi connectivity index (χ1) is 11.8. The van der Waals surface area contributed by atoms with Gasteiger partial charge in [0, 0.05) is 11.4 Å². The third-order valence-corrected chi connectivity index (χ3v) is 4.82. The van der Waals surface area contributed by atoms with Crippen LogP contribution in [0.1, 0.15) is 5.56 Å². The van der Waals surface area contributed by atoms with Gasteiger partial charge >= 0.3 is 0 Å². The van der Waals surface area contributed by atoms with Crippen molar-refractivity contribution in [1.82, 2.24) is 4.98 Å². The number of hydrogen-bond acceptors (Lipinski definition) is 2. The summed E-state index contributed by atoms with van der Waals surface area (Å²) in [4.78, 5) is 4.68. The van der Waals surface area contributed by atoms with E-state index in [-0.39, 0.29) is 0 Å². The lowest BCUT2D eigenvalue weighted by atomic mass is 10.1. The van der Waals surface area contributed by atoms with Gasteiger partial charge in [0.15, 0.2) is 5.58 Å². The quantitative estimate of drug-likeness (QED) is 0.360. The van der Waals surface area contributed by atoms with Gasteiger partial charge in [0.05, 0.1) is 4.47 Å². The third-order valence-electron chi connectivity index (χ3n) is 3.94. The van der Waals surface area contributed by atoms with E-state index in [1.54, 1.807) is 0 Å². The van der Waals surface area contributed by atoms with Crippen molar-refractivity contribution in [2.45, 2.75) is 5.88 Å². The fraction of sp³-hybridized carbons (Fsp3) is 0.0500. The van der Waals surface area contributed by atoms with Crippen LogP contribution in [0.3, 0.4) is 0 Å². The Hall–Kier alpha value is -2.10. The van der Waals surface area contributed by atoms with Crippen molar-refractivity contribution in [1.29, 1.82) is 0 Å². The Morgan fingerprint density at radius 1 is 0.917 bits per heavy atom. The maximum atomic E-state index is 6.04. The highest BCUT2D eigenvalue weighted by atomic mass is 79.9. The Labute approximate surface area is 153 Å². The Balaban J connectivity index is 1.88. The molecule has 0 N–H and O–H groups in total. The number of alkyl halides is 1. The van der Waals surface area contributed by atoms with Crippen LogP contribution in [-0.2, 0) is 5.88 Å². The lowest BCUT2D eigenvalue weighted by Crippen LogP contribution is -1.85. The van der Waals surface area contributed by atoms with Gasteiger partial charge in [-0.15, -0.1) is 11.6 Å². The summed E-state index contributed by atoms with van der Waals surface area (Å²) in [6, 6.07) is 22.2. The fourth-order valence-electron chi connectivity index (χ4n) is 2.75. The second-order valence-electron chi connectivity index (χ2n) is 5.48. The minimum absolute atomic E-state index is 0.422. The number of benzene rings is 3. The molecule has 0 saturated carbocycles. The second kappa shape index (κ2) is 6.42. The van der Waals surface area contributed by atoms with Gasteiger partial charge in [-0.1, -0.05) is 48.5 Å². The van der Waals surface area contributed by atoms with Crippen molar-refractivity contribution < 1.29 is 4.42 Å². The lowest BCUT2D eigenvalue weighted by molar-refractivity contribution is 0.617. The molecule has 4 heteroatoms. The summed E-state index contributed by atoms with van der Waals surface area (Å²) in [6.07, 6.45) is 0. The zero-order valence-corrected chi connectivity index (χ0v) is 15.0. The zero-order chi connectivity index (χ0) is 16.5. The van der Waals surface area contributed by atoms with Crippen molar-refractivity contribution in [3.05, 3.63) is 76.8 Å². The minimum atomic E-state index is 0.422. The van der Waals surface area contributed by atoms with Crippen molar-refractivity contribution in [2.24, 2.45) is 0 Å². The molecule has 118 valence electrons. The monoisotopic (exact) mass is 397 g/mol. The predicted molar refractivity (Wildman–Crippen MR) is 102 cm³/mol. The molecule has 1 aromatic heterocycles. The van der Waals surface area contributed by atoms with Gasteiger partial charge in [-0.25, -0.2) is 4.98 Å². The Morgan fingerprint density at radius 3 is 2.46 bits per heavy atom. The van der Waals surface area contributed by atoms with E-state index in [2.05, 4.69) is 39.1 Å². The van der Waals surface area contributed by atoms with Gasteiger partial charge in [0.1, 0.15) is 5.52 Å². The van der Waals surface area contributed by atoms with Crippen LogP contribution in [0.25, 0.3) is 33.7 Å². The van der Waals surface area contributed by atoms with Crippen LogP contribution in [-0.4, -0.2) is 4.98 Å². The van der Waals surface area contributed by atoms with Crippen molar-refractivity contribution in [3.8, 4) is 22.6 Å². The summed E-state index contributed by atoms with van der Waals surface area (Å²) in [7, 11) is 0. The molecule has 24 heavy (non-hydrogen) atoms. The average Bonchev–Trinajstić information content (AvgIpc) is 3.07. The summed E-state index contributed by atoms with van der Waals surface area (Å²) in [5.41, 5.74) is 5.74. The van der Waals surface area contributed by atoms with Crippen LogP contribution in [0, 0.1) is 0 Å². The van der Waals surface area contributed by atoms with Gasteiger partial charge in [0.2, 0.25) is 5.89 Å². The standard InChI is InChI=1S/C20H13BrClNO/c21-17-10-15(13-6-2-1-3-7-13)11-18-19(17)24-20(23-18)16-9-5-4-8-14(16)12-22/h1-11H,12H2. The molecule has 1 heterocycles. The first-order valence-electron chi connectivity index (χ1n) is 7.56. The molecule has 0 aliphatic heterocycles. The van der Waals surface area contributed by atoms with E-state index in [1.165, 1.54) is 0 Å². The number of aromatic nitrogens is 1. The minimum Gasteiger partial charge on any atom is -0.435 e. The maximum absolute atomic E-state index is 6.04. The molecule has 0 unspecified atom stereocenters. The lowest BCUT2D eigenvalue weighted by Gasteiger charge is -2.02. The molecule has 0 amide bonds. The zero-order valence-electron chi connectivity index (χ0n) is 12.7. The van der Waals surface area contributed by atoms with Crippen LogP contribution in [0.15, 0.2) is 75.6 Å². The van der Waals surface area contributed by atoms with Crippen molar-refractivity contribution in [2.75, 3.05) is 0 Å². The number of rotatable bonds is 3. The van der Waals surface area contributed by atoms with E-state index < -0.39 is 0 Å². The molecule has 0 aliphatic carbocycles. The van der Waals surface area contributed by atoms with E-state index in [9.17, 15) is 0 Å². The number of hydrogen-bond donors (Lipinski definition) is 0. The first kappa shape index (κ1) is 15.4. The fourth-order valence-corrected chi connectivity index (χ4v) is 3.51. The Kier molecular flexibility index (Phi) is 4.13. The van der Waals surface area contributed by atoms with Gasteiger partial charge in [-0.05, 0) is 50.8 Å². The molecule has 0 atom stereocenters. The van der Waals surface area contributed by atoms with E-state index in [0.29, 0.717) is 11.8 Å². The maximum Gasteiger partial charge on any atom is 0.227 e. The number of fused-ring (bicyclic) bond motifs is 1. The van der Waals surface area contributed by atoms with Crippen LogP contribution < -0.4 is 0 Å². The van der Waals surface area contributed by atoms with Gasteiger partial charge in [-0.3, -0.25) is 0 Å². The van der Waals surface area contributed by atoms with Crippen LogP contribution in [0.4, 0.5) is 0 Å². The number of nitrogens with zero attached hydrogens (tertiary/aromatic N) is 1. The highest BCUT2D eigenvalue weighted by Crippen LogP contribution is 2.35. The smallest absolute Gasteiger partial charge is 0.227 e. The molecule has 4 aromatic rings. The molecular formula is C20H13BrClNO. The molecule has 2 nitrogen and oxygen atoms in total.